The van der Waals surface area contributed by atoms with E-state index in [4.69, 9.17) is 17.3 Å². The Bertz CT molecular complexity index is 991. The van der Waals surface area contributed by atoms with Gasteiger partial charge in [-0.2, -0.15) is 11.8 Å². The summed E-state index contributed by atoms with van der Waals surface area (Å²) < 4.78 is 29.5. The van der Waals surface area contributed by atoms with E-state index < -0.39 is 23.9 Å². The first-order valence-electron chi connectivity index (χ1n) is 9.31. The smallest absolute Gasteiger partial charge is 0.274 e. The second-order valence-corrected chi connectivity index (χ2v) is 9.99. The standard InChI is InChI=1S/C20H19ClF2N4OS2/c21-11-1-4-16(25-8-11)18(28)26-12-2-3-15(23)14(7-12)20(10-22)13-5-6-29-9-17(13)30-19(24)27-20/h1-4,7-8,13,17H,5-6,9-10H2,(H2,24,27)(H,26,28)/t13-,17-,20-/m0/s1. The summed E-state index contributed by atoms with van der Waals surface area (Å²) in [7, 11) is 0. The summed E-state index contributed by atoms with van der Waals surface area (Å²) in [5, 5.41) is 3.42. The second kappa shape index (κ2) is 8.72. The van der Waals surface area contributed by atoms with Crippen molar-refractivity contribution in [1.82, 2.24) is 4.98 Å². The number of fused-ring (bicyclic) bond motifs is 1. The van der Waals surface area contributed by atoms with Gasteiger partial charge in [-0.05, 0) is 42.5 Å². The molecule has 5 nitrogen and oxygen atoms in total. The number of anilines is 1. The molecule has 0 aliphatic carbocycles. The van der Waals surface area contributed by atoms with Gasteiger partial charge in [-0.25, -0.2) is 18.8 Å². The summed E-state index contributed by atoms with van der Waals surface area (Å²) in [6.45, 7) is -0.868. The van der Waals surface area contributed by atoms with E-state index in [9.17, 15) is 13.6 Å². The van der Waals surface area contributed by atoms with E-state index in [1.54, 1.807) is 17.8 Å². The Labute approximate surface area is 186 Å². The number of hydrogen-bond donors (Lipinski definition) is 2. The Morgan fingerprint density at radius 2 is 2.20 bits per heavy atom. The van der Waals surface area contributed by atoms with Gasteiger partial charge in [0, 0.05) is 34.4 Å². The number of nitrogens with zero attached hydrogens (tertiary/aromatic N) is 2. The molecule has 0 saturated carbocycles. The molecule has 3 atom stereocenters. The van der Waals surface area contributed by atoms with Crippen LogP contribution in [0.1, 0.15) is 22.5 Å². The minimum Gasteiger partial charge on any atom is -0.379 e. The van der Waals surface area contributed by atoms with Crippen molar-refractivity contribution < 1.29 is 13.6 Å². The number of alkyl halides is 1. The summed E-state index contributed by atoms with van der Waals surface area (Å²) >= 11 is 9.02. The van der Waals surface area contributed by atoms with Crippen LogP contribution in [0.3, 0.4) is 0 Å². The molecule has 30 heavy (non-hydrogen) atoms. The lowest BCUT2D eigenvalue weighted by Gasteiger charge is -2.45. The van der Waals surface area contributed by atoms with Crippen LogP contribution < -0.4 is 11.1 Å². The number of amides is 1. The molecule has 158 valence electrons. The highest BCUT2D eigenvalue weighted by atomic mass is 35.5. The average Bonchev–Trinajstić information content (AvgIpc) is 2.74. The van der Waals surface area contributed by atoms with Crippen LogP contribution in [0.5, 0.6) is 0 Å². The van der Waals surface area contributed by atoms with Crippen molar-refractivity contribution in [2.75, 3.05) is 23.5 Å². The first-order chi connectivity index (χ1) is 14.4. The third-order valence-corrected chi connectivity index (χ3v) is 8.04. The van der Waals surface area contributed by atoms with E-state index in [0.29, 0.717) is 17.1 Å². The van der Waals surface area contributed by atoms with Gasteiger partial charge in [-0.3, -0.25) is 4.79 Å². The molecule has 2 aliphatic heterocycles. The van der Waals surface area contributed by atoms with Crippen LogP contribution in [0.2, 0.25) is 5.02 Å². The number of rotatable bonds is 4. The zero-order valence-corrected chi connectivity index (χ0v) is 18.2. The number of benzene rings is 1. The van der Waals surface area contributed by atoms with Gasteiger partial charge in [0.25, 0.3) is 5.91 Å². The molecule has 2 aromatic rings. The van der Waals surface area contributed by atoms with E-state index in [-0.39, 0.29) is 27.6 Å². The van der Waals surface area contributed by atoms with Crippen LogP contribution in [-0.2, 0) is 5.54 Å². The normalized spacial score (nSPS) is 25.9. The van der Waals surface area contributed by atoms with Crippen molar-refractivity contribution in [2.24, 2.45) is 16.6 Å². The number of carbonyl (C=O) groups is 1. The maximum absolute atomic E-state index is 14.9. The number of pyridine rings is 1. The highest BCUT2D eigenvalue weighted by molar-refractivity contribution is 8.15. The molecule has 1 fully saturated rings. The number of hydrogen-bond acceptors (Lipinski definition) is 6. The molecule has 1 amide bonds. The lowest BCUT2D eigenvalue weighted by Crippen LogP contribution is -2.49. The molecule has 0 unspecified atom stereocenters. The average molecular weight is 469 g/mol. The number of thioether (sulfide) groups is 2. The van der Waals surface area contributed by atoms with Gasteiger partial charge in [-0.1, -0.05) is 23.4 Å². The second-order valence-electron chi connectivity index (χ2n) is 7.14. The van der Waals surface area contributed by atoms with Crippen molar-refractivity contribution >= 4 is 51.9 Å². The van der Waals surface area contributed by atoms with Crippen LogP contribution >= 0.6 is 35.1 Å². The van der Waals surface area contributed by atoms with Crippen molar-refractivity contribution in [1.29, 1.82) is 0 Å². The third kappa shape index (κ3) is 4.02. The van der Waals surface area contributed by atoms with E-state index in [1.165, 1.54) is 42.2 Å². The topological polar surface area (TPSA) is 80.4 Å². The minimum absolute atomic E-state index is 0.0629. The molecule has 10 heteroatoms. The fourth-order valence-corrected chi connectivity index (χ4v) is 6.71. The van der Waals surface area contributed by atoms with Gasteiger partial charge in [0.05, 0.1) is 5.02 Å². The molecule has 0 bridgehead atoms. The predicted octanol–water partition coefficient (Wildman–Crippen LogP) is 4.47. The SMILES string of the molecule is NC1=N[C@](CF)(c2cc(NC(=O)c3ccc(Cl)cn3)ccc2F)[C@H]2CCSC[C@@H]2S1. The number of aliphatic imine (C=N–C) groups is 1. The fourth-order valence-electron chi connectivity index (χ4n) is 3.94. The van der Waals surface area contributed by atoms with Gasteiger partial charge < -0.3 is 11.1 Å². The van der Waals surface area contributed by atoms with Crippen molar-refractivity contribution in [2.45, 2.75) is 17.2 Å². The van der Waals surface area contributed by atoms with Gasteiger partial charge >= 0.3 is 0 Å². The summed E-state index contributed by atoms with van der Waals surface area (Å²) in [4.78, 5) is 20.9. The molecule has 2 aliphatic rings. The molecule has 1 aromatic carbocycles. The fraction of sp³-hybridized carbons (Fsp3) is 0.350. The van der Waals surface area contributed by atoms with Gasteiger partial charge in [0.2, 0.25) is 0 Å². The van der Waals surface area contributed by atoms with Crippen molar-refractivity contribution in [3.05, 3.63) is 58.6 Å². The minimum atomic E-state index is -1.40. The lowest BCUT2D eigenvalue weighted by atomic mass is 9.75. The van der Waals surface area contributed by atoms with Crippen LogP contribution in [0.15, 0.2) is 41.5 Å². The first-order valence-corrected chi connectivity index (χ1v) is 11.7. The van der Waals surface area contributed by atoms with Crippen LogP contribution in [0.25, 0.3) is 0 Å². The number of aromatic nitrogens is 1. The quantitative estimate of drug-likeness (QED) is 0.691. The molecule has 3 N–H and O–H groups in total. The van der Waals surface area contributed by atoms with Crippen LogP contribution in [0, 0.1) is 11.7 Å². The summed E-state index contributed by atoms with van der Waals surface area (Å²) in [5.41, 5.74) is 5.21. The Hall–Kier alpha value is -1.84. The summed E-state index contributed by atoms with van der Waals surface area (Å²) in [6.07, 6.45) is 2.08. The lowest BCUT2D eigenvalue weighted by molar-refractivity contribution is 0.102. The third-order valence-electron chi connectivity index (χ3n) is 5.35. The first kappa shape index (κ1) is 21.4. The molecular weight excluding hydrogens is 450 g/mol. The summed E-state index contributed by atoms with van der Waals surface area (Å²) in [6, 6.07) is 7.14. The van der Waals surface area contributed by atoms with Crippen molar-refractivity contribution in [3.8, 4) is 0 Å². The van der Waals surface area contributed by atoms with E-state index in [2.05, 4.69) is 15.3 Å². The van der Waals surface area contributed by atoms with Gasteiger partial charge in [-0.15, -0.1) is 0 Å². The number of nitrogens with two attached hydrogens (primary N) is 1. The zero-order chi connectivity index (χ0) is 21.3. The molecule has 0 spiro atoms. The molecule has 0 radical (unpaired) electrons. The number of halogens is 3. The van der Waals surface area contributed by atoms with E-state index >= 15 is 0 Å². The van der Waals surface area contributed by atoms with Gasteiger partial charge in [0.15, 0.2) is 5.17 Å². The molecule has 4 rings (SSSR count). The van der Waals surface area contributed by atoms with Crippen molar-refractivity contribution in [3.63, 3.8) is 0 Å². The molecular formula is C20H19ClF2N4OS2. The number of amidine groups is 1. The Morgan fingerprint density at radius 1 is 1.37 bits per heavy atom. The highest BCUT2D eigenvalue weighted by Crippen LogP contribution is 2.50. The zero-order valence-electron chi connectivity index (χ0n) is 15.8. The maximum Gasteiger partial charge on any atom is 0.274 e. The molecule has 1 saturated heterocycles. The monoisotopic (exact) mass is 468 g/mol. The van der Waals surface area contributed by atoms with Crippen LogP contribution in [0.4, 0.5) is 14.5 Å². The molecule has 1 aromatic heterocycles. The predicted molar refractivity (Wildman–Crippen MR) is 120 cm³/mol. The molecule has 3 heterocycles. The maximum atomic E-state index is 14.9. The Morgan fingerprint density at radius 3 is 2.93 bits per heavy atom. The Kier molecular flexibility index (Phi) is 6.22. The van der Waals surface area contributed by atoms with Gasteiger partial charge in [0.1, 0.15) is 23.7 Å². The highest BCUT2D eigenvalue weighted by Gasteiger charge is 2.50. The van der Waals surface area contributed by atoms with Crippen LogP contribution in [-0.4, -0.2) is 39.5 Å². The number of nitrogens with one attached hydrogen (secondary N) is 1. The van der Waals surface area contributed by atoms with E-state index in [1.807, 2.05) is 0 Å². The van der Waals surface area contributed by atoms with E-state index in [0.717, 1.165) is 11.5 Å². The number of carbonyl (C=O) groups excluding carboxylic acids is 1. The summed E-state index contributed by atoms with van der Waals surface area (Å²) in [5.74, 6) is 0.440. The largest absolute Gasteiger partial charge is 0.379 e. The Balaban J connectivity index is 1.70.